The number of aryl methyl sites for hydroxylation is 2. The van der Waals surface area contributed by atoms with Gasteiger partial charge in [-0.1, -0.05) is 0 Å². The summed E-state index contributed by atoms with van der Waals surface area (Å²) in [6.45, 7) is 6.97. The molecule has 1 aliphatic rings. The van der Waals surface area contributed by atoms with Gasteiger partial charge in [0, 0.05) is 6.04 Å². The zero-order valence-corrected chi connectivity index (χ0v) is 11.2. The van der Waals surface area contributed by atoms with Gasteiger partial charge in [-0.2, -0.15) is 0 Å². The molecule has 0 saturated heterocycles. The molecular weight excluding hydrogens is 232 g/mol. The van der Waals surface area contributed by atoms with E-state index in [4.69, 9.17) is 9.15 Å². The highest BCUT2D eigenvalue weighted by Gasteiger charge is 2.31. The molecule has 1 aromatic rings. The predicted molar refractivity (Wildman–Crippen MR) is 66.0 cm³/mol. The maximum absolute atomic E-state index is 11.5. The lowest BCUT2D eigenvalue weighted by atomic mass is 10.4. The van der Waals surface area contributed by atoms with E-state index in [0.717, 1.165) is 24.3 Å². The second-order valence-corrected chi connectivity index (χ2v) is 4.69. The van der Waals surface area contributed by atoms with Gasteiger partial charge in [0.2, 0.25) is 5.89 Å². The highest BCUT2D eigenvalue weighted by atomic mass is 16.5. The summed E-state index contributed by atoms with van der Waals surface area (Å²) in [5.41, 5.74) is 0.914. The largest absolute Gasteiger partial charge is 0.465 e. The Labute approximate surface area is 107 Å². The third kappa shape index (κ3) is 3.32. The fourth-order valence-electron chi connectivity index (χ4n) is 1.91. The van der Waals surface area contributed by atoms with Crippen LogP contribution in [0.4, 0.5) is 0 Å². The first kappa shape index (κ1) is 13.1. The Bertz CT molecular complexity index is 404. The van der Waals surface area contributed by atoms with Crippen LogP contribution in [0.1, 0.15) is 37.1 Å². The van der Waals surface area contributed by atoms with Crippen molar-refractivity contribution in [2.75, 3.05) is 13.2 Å². The molecule has 1 heterocycles. The zero-order valence-electron chi connectivity index (χ0n) is 11.2. The Hall–Kier alpha value is -1.36. The Morgan fingerprint density at radius 1 is 1.50 bits per heavy atom. The van der Waals surface area contributed by atoms with Gasteiger partial charge in [0.15, 0.2) is 0 Å². The van der Waals surface area contributed by atoms with Crippen LogP contribution >= 0.6 is 0 Å². The molecule has 0 aliphatic heterocycles. The number of aromatic nitrogens is 1. The van der Waals surface area contributed by atoms with E-state index in [9.17, 15) is 4.79 Å². The van der Waals surface area contributed by atoms with Crippen molar-refractivity contribution < 1.29 is 13.9 Å². The first-order valence-corrected chi connectivity index (χ1v) is 6.42. The Kier molecular flexibility index (Phi) is 4.01. The van der Waals surface area contributed by atoms with Crippen molar-refractivity contribution >= 4 is 5.97 Å². The molecule has 5 heteroatoms. The van der Waals surface area contributed by atoms with Crippen LogP contribution in [0.2, 0.25) is 0 Å². The standard InChI is InChI=1S/C13H20N2O3/c1-4-17-13(16)8-15(11-5-6-11)7-12-14-9(2)10(3)18-12/h11H,4-8H2,1-3H3. The normalized spacial score (nSPS) is 15.1. The number of nitrogens with zero attached hydrogens (tertiary/aromatic N) is 2. The fourth-order valence-corrected chi connectivity index (χ4v) is 1.91. The Balaban J connectivity index is 1.95. The lowest BCUT2D eigenvalue weighted by molar-refractivity contribution is -0.144. The smallest absolute Gasteiger partial charge is 0.320 e. The van der Waals surface area contributed by atoms with Gasteiger partial charge in [-0.25, -0.2) is 4.98 Å². The number of ether oxygens (including phenoxy) is 1. The van der Waals surface area contributed by atoms with Crippen molar-refractivity contribution in [3.63, 3.8) is 0 Å². The number of esters is 1. The average molecular weight is 252 g/mol. The topological polar surface area (TPSA) is 55.6 Å². The summed E-state index contributed by atoms with van der Waals surface area (Å²) >= 11 is 0. The molecule has 0 N–H and O–H groups in total. The molecule has 0 amide bonds. The summed E-state index contributed by atoms with van der Waals surface area (Å²) in [6.07, 6.45) is 2.27. The van der Waals surface area contributed by atoms with Crippen LogP contribution in [0, 0.1) is 13.8 Å². The minimum Gasteiger partial charge on any atom is -0.465 e. The summed E-state index contributed by atoms with van der Waals surface area (Å²) in [5.74, 6) is 1.35. The van der Waals surface area contributed by atoms with Crippen LogP contribution in [-0.2, 0) is 16.1 Å². The van der Waals surface area contributed by atoms with Crippen molar-refractivity contribution in [2.24, 2.45) is 0 Å². The number of carbonyl (C=O) groups is 1. The van der Waals surface area contributed by atoms with E-state index in [2.05, 4.69) is 9.88 Å². The van der Waals surface area contributed by atoms with E-state index in [1.54, 1.807) is 0 Å². The van der Waals surface area contributed by atoms with Crippen molar-refractivity contribution in [3.8, 4) is 0 Å². The van der Waals surface area contributed by atoms with Gasteiger partial charge < -0.3 is 9.15 Å². The van der Waals surface area contributed by atoms with Crippen LogP contribution in [-0.4, -0.2) is 35.0 Å². The molecule has 0 spiro atoms. The van der Waals surface area contributed by atoms with Crippen molar-refractivity contribution in [2.45, 2.75) is 46.2 Å². The van der Waals surface area contributed by atoms with Gasteiger partial charge in [0.05, 0.1) is 25.4 Å². The van der Waals surface area contributed by atoms with Crippen LogP contribution < -0.4 is 0 Å². The van der Waals surface area contributed by atoms with E-state index in [1.165, 1.54) is 0 Å². The third-order valence-electron chi connectivity index (χ3n) is 3.11. The molecule has 0 unspecified atom stereocenters. The molecule has 0 radical (unpaired) electrons. The van der Waals surface area contributed by atoms with Gasteiger partial charge in [0.25, 0.3) is 0 Å². The van der Waals surface area contributed by atoms with Crippen LogP contribution in [0.25, 0.3) is 0 Å². The molecule has 1 aromatic heterocycles. The van der Waals surface area contributed by atoms with Gasteiger partial charge in [0.1, 0.15) is 5.76 Å². The third-order valence-corrected chi connectivity index (χ3v) is 3.11. The molecule has 18 heavy (non-hydrogen) atoms. The average Bonchev–Trinajstić information content (AvgIpc) is 3.07. The van der Waals surface area contributed by atoms with E-state index in [1.807, 2.05) is 20.8 Å². The lowest BCUT2D eigenvalue weighted by Crippen LogP contribution is -2.32. The van der Waals surface area contributed by atoms with Crippen LogP contribution in [0.5, 0.6) is 0 Å². The molecule has 1 saturated carbocycles. The van der Waals surface area contributed by atoms with Crippen molar-refractivity contribution in [1.82, 2.24) is 9.88 Å². The maximum Gasteiger partial charge on any atom is 0.320 e. The number of hydrogen-bond donors (Lipinski definition) is 0. The summed E-state index contributed by atoms with van der Waals surface area (Å²) in [4.78, 5) is 18.0. The van der Waals surface area contributed by atoms with Gasteiger partial charge in [-0.3, -0.25) is 9.69 Å². The fraction of sp³-hybridized carbons (Fsp3) is 0.692. The SMILES string of the molecule is CCOC(=O)CN(Cc1nc(C)c(C)o1)C1CC1. The highest BCUT2D eigenvalue weighted by Crippen LogP contribution is 2.28. The minimum atomic E-state index is -0.176. The van der Waals surface area contributed by atoms with Crippen molar-refractivity contribution in [3.05, 3.63) is 17.3 Å². The van der Waals surface area contributed by atoms with Gasteiger partial charge in [-0.05, 0) is 33.6 Å². The molecule has 0 bridgehead atoms. The second-order valence-electron chi connectivity index (χ2n) is 4.69. The number of hydrogen-bond acceptors (Lipinski definition) is 5. The predicted octanol–water partition coefficient (Wildman–Crippen LogP) is 1.82. The monoisotopic (exact) mass is 252 g/mol. The molecule has 1 fully saturated rings. The first-order chi connectivity index (χ1) is 8.60. The maximum atomic E-state index is 11.5. The number of oxazole rings is 1. The molecule has 0 atom stereocenters. The van der Waals surface area contributed by atoms with E-state index >= 15 is 0 Å². The summed E-state index contributed by atoms with van der Waals surface area (Å²) in [5, 5.41) is 0. The number of carbonyl (C=O) groups excluding carboxylic acids is 1. The molecule has 2 rings (SSSR count). The van der Waals surface area contributed by atoms with Gasteiger partial charge in [-0.15, -0.1) is 0 Å². The van der Waals surface area contributed by atoms with E-state index < -0.39 is 0 Å². The first-order valence-electron chi connectivity index (χ1n) is 6.42. The molecule has 0 aromatic carbocycles. The van der Waals surface area contributed by atoms with Crippen LogP contribution in [0.15, 0.2) is 4.42 Å². The van der Waals surface area contributed by atoms with E-state index in [0.29, 0.717) is 31.6 Å². The summed E-state index contributed by atoms with van der Waals surface area (Å²) in [7, 11) is 0. The Morgan fingerprint density at radius 2 is 2.22 bits per heavy atom. The minimum absolute atomic E-state index is 0.176. The quantitative estimate of drug-likeness (QED) is 0.723. The lowest BCUT2D eigenvalue weighted by Gasteiger charge is -2.18. The second kappa shape index (κ2) is 5.52. The van der Waals surface area contributed by atoms with Gasteiger partial charge >= 0.3 is 5.97 Å². The number of rotatable bonds is 6. The van der Waals surface area contributed by atoms with Crippen LogP contribution in [0.3, 0.4) is 0 Å². The Morgan fingerprint density at radius 3 is 2.72 bits per heavy atom. The highest BCUT2D eigenvalue weighted by molar-refractivity contribution is 5.71. The molecule has 1 aliphatic carbocycles. The van der Waals surface area contributed by atoms with E-state index in [-0.39, 0.29) is 5.97 Å². The molecular formula is C13H20N2O3. The zero-order chi connectivity index (χ0) is 13.1. The molecule has 100 valence electrons. The molecule has 5 nitrogen and oxygen atoms in total. The summed E-state index contributed by atoms with van der Waals surface area (Å²) < 4.78 is 10.5. The van der Waals surface area contributed by atoms with Crippen molar-refractivity contribution in [1.29, 1.82) is 0 Å². The summed E-state index contributed by atoms with van der Waals surface area (Å²) in [6, 6.07) is 0.474.